The number of H-pyrrole nitrogens is 1. The normalized spacial score (nSPS) is 9.56. The van der Waals surface area contributed by atoms with E-state index in [1.165, 1.54) is 0 Å². The number of benzene rings is 1. The van der Waals surface area contributed by atoms with Gasteiger partial charge in [0, 0.05) is 24.1 Å². The number of nitrogens with one attached hydrogen (secondary N) is 1. The Morgan fingerprint density at radius 1 is 1.06 bits per heavy atom. The van der Waals surface area contributed by atoms with Crippen molar-refractivity contribution in [1.29, 1.82) is 0 Å². The van der Waals surface area contributed by atoms with Crippen molar-refractivity contribution in [2.24, 2.45) is 0 Å². The molecule has 0 fully saturated rings. The molecule has 2 aromatic rings. The molecule has 0 amide bonds. The fourth-order valence-electron chi connectivity index (χ4n) is 1.57. The van der Waals surface area contributed by atoms with Crippen LogP contribution in [0.2, 0.25) is 0 Å². The Balaban J connectivity index is 0.00000128. The molecule has 0 bridgehead atoms. The second-order valence-electron chi connectivity index (χ2n) is 3.44. The van der Waals surface area contributed by atoms with Gasteiger partial charge in [0.1, 0.15) is 0 Å². The predicted molar refractivity (Wildman–Crippen MR) is 63.0 cm³/mol. The van der Waals surface area contributed by atoms with Gasteiger partial charge in [-0.1, -0.05) is 30.9 Å². The molecule has 0 atom stereocenters. The molecule has 1 aromatic carbocycles. The molecule has 0 aliphatic carbocycles. The first kappa shape index (κ1) is 13.5. The summed E-state index contributed by atoms with van der Waals surface area (Å²) < 4.78 is 0. The van der Waals surface area contributed by atoms with Crippen LogP contribution in [0, 0.1) is 0 Å². The summed E-state index contributed by atoms with van der Waals surface area (Å²) >= 11 is 0. The van der Waals surface area contributed by atoms with Crippen molar-refractivity contribution in [3.63, 3.8) is 0 Å². The molecule has 0 aliphatic rings. The Kier molecular flexibility index (Phi) is 5.26. The molecule has 0 saturated carbocycles. The van der Waals surface area contributed by atoms with Crippen molar-refractivity contribution in [3.05, 3.63) is 48.2 Å². The predicted octanol–water partition coefficient (Wildman–Crippen LogP) is 1.42. The van der Waals surface area contributed by atoms with Gasteiger partial charge in [0.15, 0.2) is 5.69 Å². The average molecular weight is 239 g/mol. The minimum Gasteiger partial charge on any atom is -0.872 e. The van der Waals surface area contributed by atoms with E-state index in [-0.39, 0.29) is 43.5 Å². The van der Waals surface area contributed by atoms with Gasteiger partial charge in [-0.2, -0.15) is 0 Å². The van der Waals surface area contributed by atoms with Crippen molar-refractivity contribution in [3.8, 4) is 17.0 Å². The maximum atomic E-state index is 11.6. The van der Waals surface area contributed by atoms with Crippen LogP contribution in [0.3, 0.4) is 0 Å². The van der Waals surface area contributed by atoms with E-state index in [1.54, 1.807) is 12.1 Å². The van der Waals surface area contributed by atoms with Crippen LogP contribution in [0.4, 0.5) is 0 Å². The first-order chi connectivity index (χ1) is 7.31. The summed E-state index contributed by atoms with van der Waals surface area (Å²) in [6.07, 6.45) is 0.939. The number of aryl methyl sites for hydroxylation is 1. The standard InChI is InChI=1S/C13H13NO.Ca/c1-2-10-6-5-8-12(14-10)11-7-3-4-9-13(11)15;/h3-9,15H,2H2,1H3;/q;+2. The van der Waals surface area contributed by atoms with Gasteiger partial charge >= 0.3 is 37.7 Å². The molecule has 2 nitrogen and oxygen atoms in total. The molecular formula is C13H13CaNO+2. The largest absolute Gasteiger partial charge is 2.00 e. The van der Waals surface area contributed by atoms with Crippen molar-refractivity contribution >= 4 is 37.7 Å². The Hall–Kier alpha value is -0.570. The van der Waals surface area contributed by atoms with Gasteiger partial charge < -0.3 is 5.11 Å². The van der Waals surface area contributed by atoms with Crippen molar-refractivity contribution in [2.45, 2.75) is 13.3 Å². The summed E-state index contributed by atoms with van der Waals surface area (Å²) in [5.41, 5.74) is 2.75. The molecule has 2 rings (SSSR count). The van der Waals surface area contributed by atoms with Crippen LogP contribution < -0.4 is 10.1 Å². The van der Waals surface area contributed by atoms with E-state index >= 15 is 0 Å². The van der Waals surface area contributed by atoms with Crippen LogP contribution in [-0.4, -0.2) is 37.7 Å². The molecule has 0 unspecified atom stereocenters. The van der Waals surface area contributed by atoms with Crippen molar-refractivity contribution in [2.75, 3.05) is 0 Å². The molecular weight excluding hydrogens is 226 g/mol. The van der Waals surface area contributed by atoms with Crippen molar-refractivity contribution in [1.82, 2.24) is 0 Å². The number of aromatic amines is 1. The Labute approximate surface area is 125 Å². The summed E-state index contributed by atoms with van der Waals surface area (Å²) in [4.78, 5) is 3.25. The molecule has 1 N–H and O–H groups in total. The van der Waals surface area contributed by atoms with Gasteiger partial charge in [-0.05, 0) is 12.1 Å². The maximum absolute atomic E-state index is 11.6. The molecule has 1 heterocycles. The zero-order valence-corrected chi connectivity index (χ0v) is 11.6. The molecule has 16 heavy (non-hydrogen) atoms. The van der Waals surface area contributed by atoms with E-state index in [0.717, 1.165) is 23.4 Å². The van der Waals surface area contributed by atoms with E-state index in [4.69, 9.17) is 0 Å². The van der Waals surface area contributed by atoms with Gasteiger partial charge in [0.25, 0.3) is 0 Å². The fraction of sp³-hybridized carbons (Fsp3) is 0.154. The van der Waals surface area contributed by atoms with Crippen LogP contribution in [0.5, 0.6) is 5.75 Å². The molecule has 0 spiro atoms. The van der Waals surface area contributed by atoms with Gasteiger partial charge in [-0.3, -0.25) is 0 Å². The second-order valence-corrected chi connectivity index (χ2v) is 3.44. The van der Waals surface area contributed by atoms with E-state index in [2.05, 4.69) is 11.9 Å². The fourth-order valence-corrected chi connectivity index (χ4v) is 1.57. The molecule has 3 heteroatoms. The molecule has 1 aromatic heterocycles. The topological polar surface area (TPSA) is 37.2 Å². The number of hydrogen-bond donors (Lipinski definition) is 0. The van der Waals surface area contributed by atoms with Gasteiger partial charge in [-0.15, -0.1) is 0 Å². The third-order valence-corrected chi connectivity index (χ3v) is 2.41. The minimum atomic E-state index is 0. The number of pyridine rings is 1. The summed E-state index contributed by atoms with van der Waals surface area (Å²) in [7, 11) is 0. The minimum absolute atomic E-state index is 0. The molecule has 0 aliphatic heterocycles. The van der Waals surface area contributed by atoms with E-state index < -0.39 is 0 Å². The van der Waals surface area contributed by atoms with E-state index in [9.17, 15) is 5.11 Å². The summed E-state index contributed by atoms with van der Waals surface area (Å²) in [5, 5.41) is 11.6. The van der Waals surface area contributed by atoms with E-state index in [0.29, 0.717) is 0 Å². The number of hydrogen-bond acceptors (Lipinski definition) is 1. The summed E-state index contributed by atoms with van der Waals surface area (Å²) in [6.45, 7) is 2.08. The third-order valence-electron chi connectivity index (χ3n) is 2.41. The number of aromatic nitrogens is 1. The average Bonchev–Trinajstić information content (AvgIpc) is 2.30. The molecule has 76 valence electrons. The third kappa shape index (κ3) is 2.97. The summed E-state index contributed by atoms with van der Waals surface area (Å²) in [6, 6.07) is 13.0. The number of rotatable bonds is 2. The van der Waals surface area contributed by atoms with Crippen LogP contribution in [0.15, 0.2) is 42.5 Å². The zero-order chi connectivity index (χ0) is 10.7. The smallest absolute Gasteiger partial charge is 0.872 e. The zero-order valence-electron chi connectivity index (χ0n) is 9.36. The Bertz CT molecular complexity index is 471. The Morgan fingerprint density at radius 2 is 1.81 bits per heavy atom. The van der Waals surface area contributed by atoms with Crippen molar-refractivity contribution < 1.29 is 10.1 Å². The van der Waals surface area contributed by atoms with E-state index in [1.807, 2.05) is 30.3 Å². The van der Waals surface area contributed by atoms with Crippen LogP contribution in [-0.2, 0) is 6.42 Å². The monoisotopic (exact) mass is 239 g/mol. The first-order valence-electron chi connectivity index (χ1n) is 5.09. The van der Waals surface area contributed by atoms with Crippen LogP contribution in [0.1, 0.15) is 12.6 Å². The second kappa shape index (κ2) is 6.24. The molecule has 0 saturated heterocycles. The maximum Gasteiger partial charge on any atom is 2.00 e. The molecule has 0 radical (unpaired) electrons. The van der Waals surface area contributed by atoms with Crippen LogP contribution in [0.25, 0.3) is 11.3 Å². The summed E-state index contributed by atoms with van der Waals surface area (Å²) in [5.74, 6) is 0.0574. The van der Waals surface area contributed by atoms with Gasteiger partial charge in [0.05, 0.1) is 0 Å². The van der Waals surface area contributed by atoms with Gasteiger partial charge in [0.2, 0.25) is 5.69 Å². The first-order valence-corrected chi connectivity index (χ1v) is 5.09. The van der Waals surface area contributed by atoms with Gasteiger partial charge in [-0.25, -0.2) is 4.98 Å². The quantitative estimate of drug-likeness (QED) is 0.730. The number of para-hydroxylation sites is 1. The van der Waals surface area contributed by atoms with Crippen LogP contribution >= 0.6 is 0 Å². The SMILES string of the molecule is CCc1cccc(-c2ccccc2[O-])[nH+]1.[Ca+2]. The Morgan fingerprint density at radius 3 is 2.50 bits per heavy atom.